The van der Waals surface area contributed by atoms with Gasteiger partial charge in [0.05, 0.1) is 22.2 Å². The predicted octanol–water partition coefficient (Wildman–Crippen LogP) is 1.83. The van der Waals surface area contributed by atoms with Gasteiger partial charge in [0.2, 0.25) is 10.0 Å². The number of sulfonamides is 1. The fourth-order valence-electron chi connectivity index (χ4n) is 1.45. The van der Waals surface area contributed by atoms with E-state index in [0.717, 1.165) is 6.07 Å². The number of nitrogens with two attached hydrogens (primary N) is 1. The summed E-state index contributed by atoms with van der Waals surface area (Å²) in [5.74, 6) is -0.852. The molecule has 0 aromatic heterocycles. The van der Waals surface area contributed by atoms with Crippen molar-refractivity contribution < 1.29 is 22.7 Å². The van der Waals surface area contributed by atoms with Gasteiger partial charge >= 0.3 is 5.97 Å². The van der Waals surface area contributed by atoms with E-state index in [0.29, 0.717) is 0 Å². The average Bonchev–Trinajstić information content (AvgIpc) is 2.26. The molecule has 0 aliphatic heterocycles. The number of ether oxygens (including phenoxy) is 2. The summed E-state index contributed by atoms with van der Waals surface area (Å²) in [6, 6.07) is 2.33. The Hall–Kier alpha value is -0.860. The van der Waals surface area contributed by atoms with Crippen LogP contribution in [0.5, 0.6) is 0 Å². The lowest BCUT2D eigenvalue weighted by Crippen LogP contribution is -2.21. The number of carbonyl (C=O) groups excluding carboxylic acids is 1. The molecule has 20 heavy (non-hydrogen) atoms. The number of primary sulfonamides is 1. The van der Waals surface area contributed by atoms with Crippen molar-refractivity contribution in [2.45, 2.75) is 17.9 Å². The maximum Gasteiger partial charge on any atom is 0.341 e. The number of hydrogen-bond acceptors (Lipinski definition) is 5. The molecule has 112 valence electrons. The third-order valence-electron chi connectivity index (χ3n) is 2.28. The van der Waals surface area contributed by atoms with Gasteiger partial charge in [-0.2, -0.15) is 0 Å². The van der Waals surface area contributed by atoms with Crippen LogP contribution in [0.1, 0.15) is 17.3 Å². The number of benzene rings is 1. The first-order valence-corrected chi connectivity index (χ1v) is 7.69. The zero-order valence-electron chi connectivity index (χ0n) is 10.7. The van der Waals surface area contributed by atoms with Crippen molar-refractivity contribution in [1.29, 1.82) is 0 Å². The third kappa shape index (κ3) is 4.07. The molecule has 0 aliphatic rings. The van der Waals surface area contributed by atoms with Crippen molar-refractivity contribution >= 4 is 39.2 Å². The smallest absolute Gasteiger partial charge is 0.341 e. The summed E-state index contributed by atoms with van der Waals surface area (Å²) in [4.78, 5) is 11.6. The van der Waals surface area contributed by atoms with Crippen LogP contribution >= 0.6 is 23.2 Å². The second-order valence-electron chi connectivity index (χ2n) is 3.95. The molecule has 1 rings (SSSR count). The Morgan fingerprint density at radius 2 is 2.00 bits per heavy atom. The third-order valence-corrected chi connectivity index (χ3v) is 4.05. The van der Waals surface area contributed by atoms with Crippen LogP contribution in [-0.4, -0.2) is 34.2 Å². The number of hydrogen-bond donors (Lipinski definition) is 1. The molecule has 0 spiro atoms. The van der Waals surface area contributed by atoms with Gasteiger partial charge in [-0.25, -0.2) is 18.4 Å². The number of esters is 1. The highest BCUT2D eigenvalue weighted by atomic mass is 35.5. The lowest BCUT2D eigenvalue weighted by molar-refractivity contribution is 0.0120. The molecule has 0 saturated heterocycles. The second kappa shape index (κ2) is 6.73. The standard InChI is InChI=1S/C11H13Cl2NO5S/c1-6(5-18-2)19-11(15)9-7(12)3-4-8(10(9)13)20(14,16)17/h3-4,6H,5H2,1-2H3,(H2,14,16,17). The van der Waals surface area contributed by atoms with Crippen molar-refractivity contribution in [3.8, 4) is 0 Å². The topological polar surface area (TPSA) is 95.7 Å². The second-order valence-corrected chi connectivity index (χ2v) is 6.27. The first kappa shape index (κ1) is 17.2. The summed E-state index contributed by atoms with van der Waals surface area (Å²) >= 11 is 11.7. The number of rotatable bonds is 5. The summed E-state index contributed by atoms with van der Waals surface area (Å²) in [5, 5.41) is 4.60. The highest BCUT2D eigenvalue weighted by molar-refractivity contribution is 7.89. The quantitative estimate of drug-likeness (QED) is 0.824. The Balaban J connectivity index is 3.21. The van der Waals surface area contributed by atoms with E-state index in [-0.39, 0.29) is 22.2 Å². The molecule has 9 heteroatoms. The number of methoxy groups -OCH3 is 1. The van der Waals surface area contributed by atoms with Crippen LogP contribution in [-0.2, 0) is 19.5 Å². The van der Waals surface area contributed by atoms with Crippen molar-refractivity contribution in [2.24, 2.45) is 5.14 Å². The van der Waals surface area contributed by atoms with Crippen LogP contribution in [0.15, 0.2) is 17.0 Å². The Bertz CT molecular complexity index is 617. The Morgan fingerprint density at radius 3 is 2.50 bits per heavy atom. The molecule has 0 fully saturated rings. The molecule has 0 radical (unpaired) electrons. The summed E-state index contributed by atoms with van der Waals surface area (Å²) < 4.78 is 32.5. The van der Waals surface area contributed by atoms with Crippen molar-refractivity contribution in [3.05, 3.63) is 27.7 Å². The molecule has 0 bridgehead atoms. The van der Waals surface area contributed by atoms with E-state index in [1.807, 2.05) is 0 Å². The predicted molar refractivity (Wildman–Crippen MR) is 74.6 cm³/mol. The molecule has 1 atom stereocenters. The maximum atomic E-state index is 12.0. The highest BCUT2D eigenvalue weighted by Gasteiger charge is 2.24. The molecule has 2 N–H and O–H groups in total. The van der Waals surface area contributed by atoms with Crippen LogP contribution < -0.4 is 5.14 Å². The van der Waals surface area contributed by atoms with Crippen molar-refractivity contribution in [3.63, 3.8) is 0 Å². The van der Waals surface area contributed by atoms with E-state index < -0.39 is 27.0 Å². The van der Waals surface area contributed by atoms with Gasteiger partial charge in [0, 0.05) is 7.11 Å². The lowest BCUT2D eigenvalue weighted by atomic mass is 10.2. The van der Waals surface area contributed by atoms with E-state index in [2.05, 4.69) is 0 Å². The number of halogens is 2. The van der Waals surface area contributed by atoms with Gasteiger partial charge in [-0.15, -0.1) is 0 Å². The molecule has 6 nitrogen and oxygen atoms in total. The largest absolute Gasteiger partial charge is 0.457 e. The molecule has 1 unspecified atom stereocenters. The van der Waals surface area contributed by atoms with Crippen LogP contribution in [0, 0.1) is 0 Å². The zero-order chi connectivity index (χ0) is 15.5. The lowest BCUT2D eigenvalue weighted by Gasteiger charge is -2.14. The van der Waals surface area contributed by atoms with Gasteiger partial charge in [0.1, 0.15) is 11.0 Å². The van der Waals surface area contributed by atoms with Gasteiger partial charge in [-0.3, -0.25) is 0 Å². The molecular weight excluding hydrogens is 329 g/mol. The first-order valence-electron chi connectivity index (χ1n) is 5.39. The zero-order valence-corrected chi connectivity index (χ0v) is 13.1. The molecule has 0 heterocycles. The van der Waals surface area contributed by atoms with Crippen molar-refractivity contribution in [2.75, 3.05) is 13.7 Å². The Kier molecular flexibility index (Phi) is 5.79. The average molecular weight is 342 g/mol. The Morgan fingerprint density at radius 1 is 1.40 bits per heavy atom. The van der Waals surface area contributed by atoms with Gasteiger partial charge in [0.15, 0.2) is 0 Å². The molecule has 0 saturated carbocycles. The van der Waals surface area contributed by atoms with E-state index in [1.54, 1.807) is 6.92 Å². The maximum absolute atomic E-state index is 12.0. The minimum atomic E-state index is -4.07. The SMILES string of the molecule is COCC(C)OC(=O)c1c(Cl)ccc(S(N)(=O)=O)c1Cl. The summed E-state index contributed by atoms with van der Waals surface area (Å²) in [6.45, 7) is 1.78. The van der Waals surface area contributed by atoms with Crippen molar-refractivity contribution in [1.82, 2.24) is 0 Å². The van der Waals surface area contributed by atoms with E-state index >= 15 is 0 Å². The van der Waals surface area contributed by atoms with Crippen LogP contribution in [0.25, 0.3) is 0 Å². The summed E-state index contributed by atoms with van der Waals surface area (Å²) in [7, 11) is -2.62. The molecule has 1 aromatic carbocycles. The van der Waals surface area contributed by atoms with Gasteiger partial charge in [-0.05, 0) is 19.1 Å². The molecule has 1 aromatic rings. The Labute approximate surface area is 126 Å². The van der Waals surface area contributed by atoms with Gasteiger partial charge < -0.3 is 9.47 Å². The fourth-order valence-corrected chi connectivity index (χ4v) is 2.91. The van der Waals surface area contributed by atoms with Crippen LogP contribution in [0.2, 0.25) is 10.0 Å². The minimum absolute atomic E-state index is 0.0305. The van der Waals surface area contributed by atoms with E-state index in [9.17, 15) is 13.2 Å². The monoisotopic (exact) mass is 341 g/mol. The molecule has 0 amide bonds. The number of carbonyl (C=O) groups is 1. The van der Waals surface area contributed by atoms with Crippen LogP contribution in [0.4, 0.5) is 0 Å². The summed E-state index contributed by atoms with van der Waals surface area (Å²) in [6.07, 6.45) is -0.544. The van der Waals surface area contributed by atoms with Gasteiger partial charge in [0.25, 0.3) is 0 Å². The highest BCUT2D eigenvalue weighted by Crippen LogP contribution is 2.31. The minimum Gasteiger partial charge on any atom is -0.457 e. The van der Waals surface area contributed by atoms with Gasteiger partial charge in [-0.1, -0.05) is 23.2 Å². The van der Waals surface area contributed by atoms with E-state index in [1.165, 1.54) is 13.2 Å². The van der Waals surface area contributed by atoms with Crippen LogP contribution in [0.3, 0.4) is 0 Å². The fraction of sp³-hybridized carbons (Fsp3) is 0.364. The summed E-state index contributed by atoms with van der Waals surface area (Å²) in [5.41, 5.74) is -0.247. The molecular formula is C11H13Cl2NO5S. The first-order chi connectivity index (χ1) is 9.18. The normalized spacial score (nSPS) is 13.1. The van der Waals surface area contributed by atoms with E-state index in [4.69, 9.17) is 37.8 Å². The molecule has 0 aliphatic carbocycles.